The predicted octanol–water partition coefficient (Wildman–Crippen LogP) is 3.10. The van der Waals surface area contributed by atoms with Crippen molar-refractivity contribution < 1.29 is 29.7 Å². The number of aliphatic carboxylic acids is 2. The van der Waals surface area contributed by atoms with Gasteiger partial charge in [-0.25, -0.2) is 4.79 Å². The van der Waals surface area contributed by atoms with Crippen LogP contribution >= 0.6 is 46.7 Å². The molecule has 0 aromatic heterocycles. The molecule has 0 radical (unpaired) electrons. The van der Waals surface area contributed by atoms with Gasteiger partial charge in [-0.1, -0.05) is 28.4 Å². The summed E-state index contributed by atoms with van der Waals surface area (Å²) in [5, 5.41) is 31.4. The number of fused-ring (bicyclic) bond motifs is 1. The van der Waals surface area contributed by atoms with Crippen LogP contribution < -0.4 is 0 Å². The van der Waals surface area contributed by atoms with Crippen LogP contribution in [0.4, 0.5) is 0 Å². The molecule has 142 valence electrons. The van der Waals surface area contributed by atoms with Crippen molar-refractivity contribution in [3.63, 3.8) is 0 Å². The second kappa shape index (κ2) is 9.70. The van der Waals surface area contributed by atoms with E-state index in [0.717, 1.165) is 4.90 Å². The summed E-state index contributed by atoms with van der Waals surface area (Å²) in [7, 11) is 0. The fourth-order valence-corrected chi connectivity index (χ4v) is 6.01. The number of rotatable bonds is 8. The number of hydrogen-bond donors (Lipinski definition) is 3. The van der Waals surface area contributed by atoms with Crippen molar-refractivity contribution in [2.45, 2.75) is 26.7 Å². The van der Waals surface area contributed by atoms with Crippen molar-refractivity contribution in [3.8, 4) is 0 Å². The largest absolute Gasteiger partial charge is 0.481 e. The van der Waals surface area contributed by atoms with Crippen LogP contribution in [0.5, 0.6) is 0 Å². The van der Waals surface area contributed by atoms with Crippen molar-refractivity contribution in [2.75, 3.05) is 13.2 Å². The molecule has 0 amide bonds. The molecule has 3 N–H and O–H groups in total. The molecule has 0 bridgehead atoms. The molecule has 0 spiro atoms. The van der Waals surface area contributed by atoms with Crippen molar-refractivity contribution in [3.05, 3.63) is 22.2 Å². The van der Waals surface area contributed by atoms with E-state index in [2.05, 4.69) is 9.99 Å². The van der Waals surface area contributed by atoms with Gasteiger partial charge in [0.15, 0.2) is 0 Å². The summed E-state index contributed by atoms with van der Waals surface area (Å²) in [6.45, 7) is -0.832. The average molecular weight is 440 g/mol. The summed E-state index contributed by atoms with van der Waals surface area (Å²) in [6.07, 6.45) is 1.00. The second-order valence-electron chi connectivity index (χ2n) is 5.29. The second-order valence-corrected chi connectivity index (χ2v) is 8.54. The van der Waals surface area contributed by atoms with Crippen LogP contribution in [0, 0.1) is 5.92 Å². The van der Waals surface area contributed by atoms with Gasteiger partial charge in [0.25, 0.3) is 0 Å². The molecule has 0 saturated carbocycles. The fourth-order valence-electron chi connectivity index (χ4n) is 2.34. The van der Waals surface area contributed by atoms with E-state index in [0.29, 0.717) is 14.9 Å². The number of aliphatic hydroxyl groups is 1. The van der Waals surface area contributed by atoms with Gasteiger partial charge in [0, 0.05) is 32.4 Å². The molecule has 11 heteroatoms. The highest BCUT2D eigenvalue weighted by atomic mass is 35.5. The van der Waals surface area contributed by atoms with Gasteiger partial charge in [-0.05, 0) is 12.1 Å². The third kappa shape index (κ3) is 5.43. The molecule has 7 nitrogen and oxygen atoms in total. The van der Waals surface area contributed by atoms with Crippen molar-refractivity contribution in [1.29, 1.82) is 0 Å². The minimum Gasteiger partial charge on any atom is -0.481 e. The molecule has 26 heavy (non-hydrogen) atoms. The summed E-state index contributed by atoms with van der Waals surface area (Å²) < 4.78 is 0. The Hall–Kier alpha value is -1.13. The van der Waals surface area contributed by atoms with Crippen LogP contribution in [0.2, 0.25) is 10.0 Å². The molecule has 1 aromatic rings. The van der Waals surface area contributed by atoms with Crippen molar-refractivity contribution >= 4 is 64.9 Å². The number of benzene rings is 1. The van der Waals surface area contributed by atoms with Crippen LogP contribution in [0.25, 0.3) is 0 Å². The van der Waals surface area contributed by atoms with Gasteiger partial charge in [-0.3, -0.25) is 4.79 Å². The Balaban J connectivity index is 2.28. The molecule has 1 aliphatic heterocycles. The van der Waals surface area contributed by atoms with E-state index >= 15 is 0 Å². The summed E-state index contributed by atoms with van der Waals surface area (Å²) in [4.78, 5) is 27.8. The minimum absolute atomic E-state index is 0.204. The van der Waals surface area contributed by atoms with Gasteiger partial charge in [0.2, 0.25) is 6.61 Å². The lowest BCUT2D eigenvalue weighted by Crippen LogP contribution is -2.35. The van der Waals surface area contributed by atoms with Gasteiger partial charge in [0.1, 0.15) is 0 Å². The molecule has 3 atom stereocenters. The Morgan fingerprint density at radius 3 is 2.35 bits per heavy atom. The topological polar surface area (TPSA) is 116 Å². The average Bonchev–Trinajstić information content (AvgIpc) is 2.59. The van der Waals surface area contributed by atoms with E-state index in [1.165, 1.54) is 29.7 Å². The lowest BCUT2D eigenvalue weighted by atomic mass is 10.00. The molecule has 1 heterocycles. The molecule has 1 aliphatic rings. The fraction of sp³-hybridized carbons (Fsp3) is 0.400. The number of carboxylic acid groups (broad SMARTS) is 2. The lowest BCUT2D eigenvalue weighted by molar-refractivity contribution is -0.142. The first kappa shape index (κ1) is 21.2. The van der Waals surface area contributed by atoms with Crippen molar-refractivity contribution in [2.24, 2.45) is 11.1 Å². The van der Waals surface area contributed by atoms with Crippen molar-refractivity contribution in [1.82, 2.24) is 0 Å². The number of aliphatic hydroxyl groups excluding tert-OH is 1. The molecule has 0 aliphatic carbocycles. The first-order valence-electron chi connectivity index (χ1n) is 7.34. The Bertz CT molecular complexity index is 718. The third-order valence-corrected chi connectivity index (χ3v) is 7.60. The number of carboxylic acids is 2. The highest BCUT2D eigenvalue weighted by Gasteiger charge is 2.37. The van der Waals surface area contributed by atoms with E-state index < -0.39 is 24.5 Å². The summed E-state index contributed by atoms with van der Waals surface area (Å²) in [6, 6.07) is 3.32. The smallest absolute Gasteiger partial charge is 0.344 e. The predicted molar refractivity (Wildman–Crippen MR) is 101 cm³/mol. The maximum Gasteiger partial charge on any atom is 0.344 e. The third-order valence-electron chi connectivity index (χ3n) is 3.43. The molecular weight excluding hydrogens is 425 g/mol. The van der Waals surface area contributed by atoms with Gasteiger partial charge >= 0.3 is 11.9 Å². The van der Waals surface area contributed by atoms with E-state index in [-0.39, 0.29) is 23.5 Å². The number of oxime groups is 1. The first-order valence-corrected chi connectivity index (χ1v) is 9.86. The van der Waals surface area contributed by atoms with E-state index in [1.54, 1.807) is 12.1 Å². The van der Waals surface area contributed by atoms with Crippen LogP contribution in [-0.4, -0.2) is 57.2 Å². The molecular formula is C15H15Cl2NO6S2. The molecule has 0 fully saturated rings. The highest BCUT2D eigenvalue weighted by Crippen LogP contribution is 2.52. The van der Waals surface area contributed by atoms with Gasteiger partial charge in [-0.2, -0.15) is 0 Å². The number of nitrogens with zero attached hydrogens (tertiary/aromatic N) is 1. The Morgan fingerprint density at radius 1 is 1.19 bits per heavy atom. The minimum atomic E-state index is -1.19. The molecule has 3 unspecified atom stereocenters. The quantitative estimate of drug-likeness (QED) is 0.417. The normalized spacial score (nSPS) is 20.6. The SMILES string of the molecule is O=C(O)CO/N=C/C(CC(=O)O)C1Sc2c(Cl)ccc(Cl)c2SC1CO. The molecule has 2 rings (SSSR count). The monoisotopic (exact) mass is 439 g/mol. The summed E-state index contributed by atoms with van der Waals surface area (Å²) in [5.41, 5.74) is 0. The van der Waals surface area contributed by atoms with Crippen LogP contribution in [0.1, 0.15) is 6.42 Å². The Kier molecular flexibility index (Phi) is 7.90. The first-order chi connectivity index (χ1) is 12.3. The zero-order valence-corrected chi connectivity index (χ0v) is 16.3. The van der Waals surface area contributed by atoms with Gasteiger partial charge < -0.3 is 20.2 Å². The maximum absolute atomic E-state index is 11.2. The Morgan fingerprint density at radius 2 is 1.81 bits per heavy atom. The van der Waals surface area contributed by atoms with Crippen LogP contribution in [0.3, 0.4) is 0 Å². The lowest BCUT2D eigenvalue weighted by Gasteiger charge is -2.34. The number of carbonyl (C=O) groups is 2. The Labute approximate surface area is 167 Å². The number of thioether (sulfide) groups is 2. The number of hydrogen-bond acceptors (Lipinski definition) is 7. The summed E-state index contributed by atoms with van der Waals surface area (Å²) >= 11 is 15.1. The van der Waals surface area contributed by atoms with E-state index in [4.69, 9.17) is 28.3 Å². The van der Waals surface area contributed by atoms with Gasteiger partial charge in [0.05, 0.1) is 23.1 Å². The molecule has 0 saturated heterocycles. The van der Waals surface area contributed by atoms with E-state index in [1.807, 2.05) is 0 Å². The maximum atomic E-state index is 11.2. The molecule has 1 aromatic carbocycles. The standard InChI is InChI=1S/C15H15Cl2NO6S2/c16-8-1-2-9(17)15-14(8)25-10(5-19)13(26-15)7(3-11(20)21)4-18-24-6-12(22)23/h1-2,4,7,10,13,19H,3,5-6H2,(H,20,21)(H,22,23)/b18-4+. The van der Waals surface area contributed by atoms with Crippen LogP contribution in [-0.2, 0) is 14.4 Å². The van der Waals surface area contributed by atoms with Gasteiger partial charge in [-0.15, -0.1) is 23.5 Å². The zero-order chi connectivity index (χ0) is 19.3. The zero-order valence-electron chi connectivity index (χ0n) is 13.2. The highest BCUT2D eigenvalue weighted by molar-refractivity contribution is 8.06. The number of halogens is 2. The van der Waals surface area contributed by atoms with Crippen LogP contribution in [0.15, 0.2) is 27.1 Å². The van der Waals surface area contributed by atoms with E-state index in [9.17, 15) is 19.8 Å². The summed E-state index contributed by atoms with van der Waals surface area (Å²) in [5.74, 6) is -2.85.